The summed E-state index contributed by atoms with van der Waals surface area (Å²) >= 11 is 0. The lowest BCUT2D eigenvalue weighted by Gasteiger charge is -2.20. The van der Waals surface area contributed by atoms with Gasteiger partial charge in [0.25, 0.3) is 0 Å². The van der Waals surface area contributed by atoms with Crippen molar-refractivity contribution in [1.82, 2.24) is 0 Å². The van der Waals surface area contributed by atoms with Crippen molar-refractivity contribution in [2.24, 2.45) is 0 Å². The van der Waals surface area contributed by atoms with Gasteiger partial charge >= 0.3 is 0 Å². The molecule has 4 aromatic rings. The van der Waals surface area contributed by atoms with Gasteiger partial charge in [-0.1, -0.05) is 78.9 Å². The van der Waals surface area contributed by atoms with Crippen LogP contribution < -0.4 is 20.4 Å². The molecule has 0 aromatic heterocycles. The van der Waals surface area contributed by atoms with Gasteiger partial charge in [0.15, 0.2) is 7.14 Å². The Hall–Kier alpha value is -3.55. The van der Waals surface area contributed by atoms with Gasteiger partial charge in [0.2, 0.25) is 0 Å². The number of benzene rings is 4. The second-order valence-electron chi connectivity index (χ2n) is 9.07. The predicted octanol–water partition coefficient (Wildman–Crippen LogP) is 6.06. The van der Waals surface area contributed by atoms with Gasteiger partial charge < -0.3 is 14.4 Å². The number of anilines is 2. The third-order valence-electron chi connectivity index (χ3n) is 6.51. The second kappa shape index (κ2) is 8.66. The molecule has 34 heavy (non-hydrogen) atoms. The maximum Gasteiger partial charge on any atom is 0.172 e. The third-order valence-corrected chi connectivity index (χ3v) is 9.72. The van der Waals surface area contributed by atoms with Crippen molar-refractivity contribution in [1.29, 1.82) is 0 Å². The van der Waals surface area contributed by atoms with Gasteiger partial charge in [-0.3, -0.25) is 0 Å². The molecule has 0 bridgehead atoms. The molecule has 170 valence electrons. The van der Waals surface area contributed by atoms with Crippen molar-refractivity contribution in [3.63, 3.8) is 0 Å². The van der Waals surface area contributed by atoms with E-state index in [0.29, 0.717) is 0 Å². The summed E-state index contributed by atoms with van der Waals surface area (Å²) in [4.78, 5) is 4.18. The lowest BCUT2D eigenvalue weighted by molar-refractivity contribution is 0.593. The SMILES string of the molecule is CN(C)c1ccc(C2=C(c3ccc(N(C)C)cc3)P(=O)(c3ccccc3)c3ccccc32)cc1. The molecule has 5 rings (SSSR count). The summed E-state index contributed by atoms with van der Waals surface area (Å²) in [5.41, 5.74) is 6.45. The minimum Gasteiger partial charge on any atom is -0.378 e. The highest BCUT2D eigenvalue weighted by Gasteiger charge is 2.43. The molecule has 0 aliphatic carbocycles. The highest BCUT2D eigenvalue weighted by molar-refractivity contribution is 7.88. The summed E-state index contributed by atoms with van der Waals surface area (Å²) in [6.07, 6.45) is 0. The number of nitrogens with zero attached hydrogens (tertiary/aromatic N) is 2. The number of fused-ring (bicyclic) bond motifs is 1. The molecule has 4 aromatic carbocycles. The first-order valence-electron chi connectivity index (χ1n) is 11.5. The van der Waals surface area contributed by atoms with E-state index in [-0.39, 0.29) is 0 Å². The highest BCUT2D eigenvalue weighted by Crippen LogP contribution is 2.65. The summed E-state index contributed by atoms with van der Waals surface area (Å²) in [6.45, 7) is 0. The Morgan fingerprint density at radius 1 is 0.559 bits per heavy atom. The highest BCUT2D eigenvalue weighted by atomic mass is 31.2. The molecule has 4 heteroatoms. The van der Waals surface area contributed by atoms with Crippen molar-refractivity contribution in [2.75, 3.05) is 38.0 Å². The molecule has 0 fully saturated rings. The molecule has 3 nitrogen and oxygen atoms in total. The van der Waals surface area contributed by atoms with Crippen molar-refractivity contribution in [3.05, 3.63) is 120 Å². The zero-order valence-corrected chi connectivity index (χ0v) is 21.0. The Labute approximate surface area is 202 Å². The maximum atomic E-state index is 15.3. The summed E-state index contributed by atoms with van der Waals surface area (Å²) in [5, 5.41) is 2.71. The van der Waals surface area contributed by atoms with Crippen molar-refractivity contribution < 1.29 is 4.57 Å². The molecular weight excluding hydrogens is 435 g/mol. The first-order chi connectivity index (χ1) is 16.4. The molecule has 1 atom stereocenters. The van der Waals surface area contributed by atoms with Gasteiger partial charge in [-0.25, -0.2) is 0 Å². The largest absolute Gasteiger partial charge is 0.378 e. The van der Waals surface area contributed by atoms with Crippen LogP contribution in [0, 0.1) is 0 Å². The first kappa shape index (κ1) is 22.3. The van der Waals surface area contributed by atoms with Crippen LogP contribution in [0.1, 0.15) is 16.7 Å². The van der Waals surface area contributed by atoms with Gasteiger partial charge in [-0.15, -0.1) is 0 Å². The molecule has 1 heterocycles. The van der Waals surface area contributed by atoms with Gasteiger partial charge in [0.1, 0.15) is 0 Å². The van der Waals surface area contributed by atoms with Gasteiger partial charge in [-0.05, 0) is 41.0 Å². The quantitative estimate of drug-likeness (QED) is 0.335. The molecule has 1 aliphatic rings. The van der Waals surface area contributed by atoms with E-state index >= 15 is 4.57 Å². The van der Waals surface area contributed by atoms with E-state index in [1.165, 1.54) is 0 Å². The summed E-state index contributed by atoms with van der Waals surface area (Å²) in [5.74, 6) is 0. The minimum atomic E-state index is -3.08. The van der Waals surface area contributed by atoms with Gasteiger partial charge in [0.05, 0.1) is 0 Å². The fraction of sp³-hybridized carbons (Fsp3) is 0.133. The van der Waals surface area contributed by atoms with E-state index in [2.05, 4.69) is 64.4 Å². The molecule has 0 N–H and O–H groups in total. The Bertz CT molecular complexity index is 1400. The van der Waals surface area contributed by atoms with Gasteiger partial charge in [-0.2, -0.15) is 0 Å². The van der Waals surface area contributed by atoms with Crippen LogP contribution in [0.5, 0.6) is 0 Å². The van der Waals surface area contributed by atoms with Crippen LogP contribution in [0.25, 0.3) is 10.9 Å². The molecule has 0 amide bonds. The molecular formula is C30H29N2OP. The van der Waals surface area contributed by atoms with E-state index in [1.54, 1.807) is 0 Å². The summed E-state index contributed by atoms with van der Waals surface area (Å²) in [7, 11) is 5.07. The Balaban J connectivity index is 1.84. The van der Waals surface area contributed by atoms with Gasteiger partial charge in [0, 0.05) is 61.1 Å². The zero-order valence-electron chi connectivity index (χ0n) is 20.1. The smallest absolute Gasteiger partial charge is 0.172 e. The Morgan fingerprint density at radius 2 is 1.06 bits per heavy atom. The molecule has 1 unspecified atom stereocenters. The van der Waals surface area contributed by atoms with Crippen LogP contribution in [0.2, 0.25) is 0 Å². The van der Waals surface area contributed by atoms with E-state index in [1.807, 2.05) is 76.7 Å². The van der Waals surface area contributed by atoms with Crippen LogP contribution in [0.3, 0.4) is 0 Å². The lowest BCUT2D eigenvalue weighted by Crippen LogP contribution is -2.15. The summed E-state index contributed by atoms with van der Waals surface area (Å²) < 4.78 is 15.3. The second-order valence-corrected chi connectivity index (χ2v) is 11.7. The van der Waals surface area contributed by atoms with Crippen molar-refractivity contribution >= 4 is 40.0 Å². The van der Waals surface area contributed by atoms with Crippen molar-refractivity contribution in [3.8, 4) is 0 Å². The maximum absolute atomic E-state index is 15.3. The number of hydrogen-bond acceptors (Lipinski definition) is 3. The topological polar surface area (TPSA) is 23.6 Å². The van der Waals surface area contributed by atoms with Crippen LogP contribution in [0.15, 0.2) is 103 Å². The van der Waals surface area contributed by atoms with Crippen LogP contribution >= 0.6 is 7.14 Å². The average Bonchev–Trinajstić information content (AvgIpc) is 3.14. The first-order valence-corrected chi connectivity index (χ1v) is 13.2. The van der Waals surface area contributed by atoms with E-state index in [9.17, 15) is 0 Å². The normalized spacial score (nSPS) is 16.9. The lowest BCUT2D eigenvalue weighted by atomic mass is 9.95. The third kappa shape index (κ3) is 3.57. The molecule has 0 saturated carbocycles. The van der Waals surface area contributed by atoms with E-state index in [4.69, 9.17) is 0 Å². The minimum absolute atomic E-state index is 0.869. The molecule has 1 aliphatic heterocycles. The fourth-order valence-electron chi connectivity index (χ4n) is 4.73. The molecule has 0 spiro atoms. The van der Waals surface area contributed by atoms with Crippen LogP contribution in [0.4, 0.5) is 11.4 Å². The van der Waals surface area contributed by atoms with Crippen LogP contribution in [-0.2, 0) is 4.57 Å². The Kier molecular flexibility index (Phi) is 5.67. The monoisotopic (exact) mass is 464 g/mol. The zero-order chi connectivity index (χ0) is 23.9. The van der Waals surface area contributed by atoms with Crippen molar-refractivity contribution in [2.45, 2.75) is 0 Å². The number of rotatable bonds is 5. The van der Waals surface area contributed by atoms with E-state index in [0.717, 1.165) is 49.6 Å². The fourth-order valence-corrected chi connectivity index (χ4v) is 8.00. The molecule has 0 saturated heterocycles. The number of hydrogen-bond donors (Lipinski definition) is 0. The predicted molar refractivity (Wildman–Crippen MR) is 147 cm³/mol. The average molecular weight is 465 g/mol. The molecule has 0 radical (unpaired) electrons. The standard InChI is InChI=1S/C30H29N2OP/c1-31(2)24-18-14-22(15-19-24)29-27-12-8-9-13-28(27)34(33,26-10-6-5-7-11-26)30(29)23-16-20-25(21-17-23)32(3)4/h5-21H,1-4H3. The van der Waals surface area contributed by atoms with Crippen LogP contribution in [-0.4, -0.2) is 28.2 Å². The Morgan fingerprint density at radius 3 is 1.62 bits per heavy atom. The summed E-state index contributed by atoms with van der Waals surface area (Å²) in [6, 6.07) is 35.1. The van der Waals surface area contributed by atoms with E-state index < -0.39 is 7.14 Å².